The number of aliphatic imine (C=N–C) groups is 1. The molecule has 0 bridgehead atoms. The average Bonchev–Trinajstić information content (AvgIpc) is 3.00. The molecule has 5 heteroatoms. The predicted octanol–water partition coefficient (Wildman–Crippen LogP) is 2.17. The van der Waals surface area contributed by atoms with Gasteiger partial charge >= 0.3 is 0 Å². The molecule has 21 heavy (non-hydrogen) atoms. The first kappa shape index (κ1) is 18.2. The highest BCUT2D eigenvalue weighted by Gasteiger charge is 2.14. The van der Waals surface area contributed by atoms with Crippen molar-refractivity contribution in [1.82, 2.24) is 10.6 Å². The van der Waals surface area contributed by atoms with Crippen molar-refractivity contribution in [1.29, 1.82) is 0 Å². The molecular formula is C16H33N3O2. The fraction of sp³-hybridized carbons (Fsp3) is 0.938. The summed E-state index contributed by atoms with van der Waals surface area (Å²) >= 11 is 0. The number of ether oxygens (including phenoxy) is 2. The molecule has 1 aliphatic rings. The average molecular weight is 299 g/mol. The quantitative estimate of drug-likeness (QED) is 0.349. The summed E-state index contributed by atoms with van der Waals surface area (Å²) in [7, 11) is 0. The molecule has 0 aromatic rings. The number of nitrogens with zero attached hydrogens (tertiary/aromatic N) is 1. The van der Waals surface area contributed by atoms with E-state index in [1.807, 2.05) is 0 Å². The van der Waals surface area contributed by atoms with Crippen LogP contribution in [0.25, 0.3) is 0 Å². The Morgan fingerprint density at radius 1 is 1.24 bits per heavy atom. The van der Waals surface area contributed by atoms with E-state index >= 15 is 0 Å². The van der Waals surface area contributed by atoms with E-state index in [2.05, 4.69) is 29.5 Å². The zero-order valence-electron chi connectivity index (χ0n) is 13.8. The van der Waals surface area contributed by atoms with Crippen molar-refractivity contribution in [2.24, 2.45) is 10.9 Å². The van der Waals surface area contributed by atoms with Crippen molar-refractivity contribution >= 4 is 5.96 Å². The lowest BCUT2D eigenvalue weighted by atomic mass is 10.1. The summed E-state index contributed by atoms with van der Waals surface area (Å²) in [5.41, 5.74) is 0. The molecule has 0 radical (unpaired) electrons. The molecule has 1 atom stereocenters. The predicted molar refractivity (Wildman–Crippen MR) is 87.9 cm³/mol. The minimum Gasteiger partial charge on any atom is -0.381 e. The highest BCUT2D eigenvalue weighted by atomic mass is 16.5. The van der Waals surface area contributed by atoms with Crippen LogP contribution in [0.1, 0.15) is 46.0 Å². The topological polar surface area (TPSA) is 54.9 Å². The van der Waals surface area contributed by atoms with E-state index < -0.39 is 0 Å². The lowest BCUT2D eigenvalue weighted by molar-refractivity contribution is 0.0893. The van der Waals surface area contributed by atoms with Crippen LogP contribution in [0.3, 0.4) is 0 Å². The van der Waals surface area contributed by atoms with Gasteiger partial charge in [-0.15, -0.1) is 0 Å². The van der Waals surface area contributed by atoms with Gasteiger partial charge in [-0.05, 0) is 26.2 Å². The lowest BCUT2D eigenvalue weighted by Crippen LogP contribution is -2.37. The van der Waals surface area contributed by atoms with E-state index in [0.29, 0.717) is 5.92 Å². The van der Waals surface area contributed by atoms with Crippen molar-refractivity contribution in [3.63, 3.8) is 0 Å². The van der Waals surface area contributed by atoms with Gasteiger partial charge in [0.15, 0.2) is 5.96 Å². The van der Waals surface area contributed by atoms with E-state index in [1.165, 1.54) is 19.3 Å². The van der Waals surface area contributed by atoms with Gasteiger partial charge < -0.3 is 20.1 Å². The van der Waals surface area contributed by atoms with Gasteiger partial charge in [-0.1, -0.05) is 19.8 Å². The van der Waals surface area contributed by atoms with Crippen LogP contribution in [0, 0.1) is 5.92 Å². The van der Waals surface area contributed by atoms with Crippen molar-refractivity contribution in [2.45, 2.75) is 46.0 Å². The Kier molecular flexibility index (Phi) is 11.2. The Morgan fingerprint density at radius 2 is 2.14 bits per heavy atom. The molecule has 124 valence electrons. The molecule has 1 unspecified atom stereocenters. The molecule has 0 aromatic carbocycles. The zero-order chi connectivity index (χ0) is 15.2. The normalized spacial score (nSPS) is 19.0. The van der Waals surface area contributed by atoms with E-state index in [1.54, 1.807) is 0 Å². The van der Waals surface area contributed by atoms with Crippen LogP contribution in [-0.4, -0.2) is 52.0 Å². The SMILES string of the molecule is CCCCCNC(=NCCCOCC1CCOC1)NCC. The summed E-state index contributed by atoms with van der Waals surface area (Å²) in [6.07, 6.45) is 5.83. The van der Waals surface area contributed by atoms with Crippen molar-refractivity contribution in [2.75, 3.05) is 46.1 Å². The Balaban J connectivity index is 2.03. The minimum atomic E-state index is 0.603. The molecule has 0 spiro atoms. The van der Waals surface area contributed by atoms with Crippen LogP contribution < -0.4 is 10.6 Å². The fourth-order valence-electron chi connectivity index (χ4n) is 2.25. The first-order valence-electron chi connectivity index (χ1n) is 8.54. The molecule has 2 N–H and O–H groups in total. The zero-order valence-corrected chi connectivity index (χ0v) is 13.8. The maximum Gasteiger partial charge on any atom is 0.191 e. The largest absolute Gasteiger partial charge is 0.381 e. The van der Waals surface area contributed by atoms with Crippen molar-refractivity contribution in [3.8, 4) is 0 Å². The van der Waals surface area contributed by atoms with Crippen LogP contribution in [0.15, 0.2) is 4.99 Å². The fourth-order valence-corrected chi connectivity index (χ4v) is 2.25. The summed E-state index contributed by atoms with van der Waals surface area (Å²) in [6, 6.07) is 0. The third kappa shape index (κ3) is 9.69. The summed E-state index contributed by atoms with van der Waals surface area (Å²) in [4.78, 5) is 4.57. The summed E-state index contributed by atoms with van der Waals surface area (Å²) < 4.78 is 11.0. The van der Waals surface area contributed by atoms with Gasteiger partial charge in [0.25, 0.3) is 0 Å². The molecule has 0 amide bonds. The third-order valence-corrected chi connectivity index (χ3v) is 3.51. The van der Waals surface area contributed by atoms with Gasteiger partial charge in [0, 0.05) is 38.8 Å². The number of nitrogens with one attached hydrogen (secondary N) is 2. The number of unbranched alkanes of at least 4 members (excludes halogenated alkanes) is 2. The van der Waals surface area contributed by atoms with Crippen molar-refractivity contribution < 1.29 is 9.47 Å². The molecular weight excluding hydrogens is 266 g/mol. The maximum absolute atomic E-state index is 5.68. The summed E-state index contributed by atoms with van der Waals surface area (Å²) in [6.45, 7) is 10.4. The van der Waals surface area contributed by atoms with Crippen LogP contribution in [0.2, 0.25) is 0 Å². The smallest absolute Gasteiger partial charge is 0.191 e. The monoisotopic (exact) mass is 299 g/mol. The van der Waals surface area contributed by atoms with Gasteiger partial charge in [0.05, 0.1) is 13.2 Å². The molecule has 0 saturated carbocycles. The van der Waals surface area contributed by atoms with Crippen molar-refractivity contribution in [3.05, 3.63) is 0 Å². The maximum atomic E-state index is 5.68. The molecule has 0 aromatic heterocycles. The summed E-state index contributed by atoms with van der Waals surface area (Å²) in [5.74, 6) is 1.53. The summed E-state index contributed by atoms with van der Waals surface area (Å²) in [5, 5.41) is 6.65. The van der Waals surface area contributed by atoms with Crippen LogP contribution in [-0.2, 0) is 9.47 Å². The molecule has 1 fully saturated rings. The third-order valence-electron chi connectivity index (χ3n) is 3.51. The van der Waals surface area contributed by atoms with Gasteiger partial charge in [0.1, 0.15) is 0 Å². The molecule has 1 saturated heterocycles. The Bertz CT molecular complexity index is 266. The van der Waals surface area contributed by atoms with Gasteiger partial charge in [-0.3, -0.25) is 4.99 Å². The molecule has 5 nitrogen and oxygen atoms in total. The Morgan fingerprint density at radius 3 is 2.86 bits per heavy atom. The number of hydrogen-bond acceptors (Lipinski definition) is 3. The highest BCUT2D eigenvalue weighted by Crippen LogP contribution is 2.12. The second kappa shape index (κ2) is 12.9. The van der Waals surface area contributed by atoms with Crippen LogP contribution in [0.4, 0.5) is 0 Å². The Labute approximate surface area is 129 Å². The van der Waals surface area contributed by atoms with E-state index in [-0.39, 0.29) is 0 Å². The van der Waals surface area contributed by atoms with Gasteiger partial charge in [-0.2, -0.15) is 0 Å². The highest BCUT2D eigenvalue weighted by molar-refractivity contribution is 5.79. The molecule has 1 rings (SSSR count). The second-order valence-corrected chi connectivity index (χ2v) is 5.55. The first-order chi connectivity index (χ1) is 10.4. The van der Waals surface area contributed by atoms with E-state index in [9.17, 15) is 0 Å². The van der Waals surface area contributed by atoms with E-state index in [0.717, 1.165) is 64.9 Å². The minimum absolute atomic E-state index is 0.603. The number of guanidine groups is 1. The standard InChI is InChI=1S/C16H33N3O2/c1-3-5-6-9-18-16(17-4-2)19-10-7-11-20-13-15-8-12-21-14-15/h15H,3-14H2,1-2H3,(H2,17,18,19). The number of rotatable bonds is 11. The van der Waals surface area contributed by atoms with Crippen LogP contribution >= 0.6 is 0 Å². The first-order valence-corrected chi connectivity index (χ1v) is 8.54. The molecule has 1 heterocycles. The van der Waals surface area contributed by atoms with Crippen LogP contribution in [0.5, 0.6) is 0 Å². The molecule has 0 aliphatic carbocycles. The Hall–Kier alpha value is -0.810. The van der Waals surface area contributed by atoms with Gasteiger partial charge in [-0.25, -0.2) is 0 Å². The van der Waals surface area contributed by atoms with E-state index in [4.69, 9.17) is 9.47 Å². The van der Waals surface area contributed by atoms with Gasteiger partial charge in [0.2, 0.25) is 0 Å². The number of hydrogen-bond donors (Lipinski definition) is 2. The molecule has 1 aliphatic heterocycles. The second-order valence-electron chi connectivity index (χ2n) is 5.55. The lowest BCUT2D eigenvalue weighted by Gasteiger charge is -2.11.